The van der Waals surface area contributed by atoms with Crippen molar-refractivity contribution in [1.29, 1.82) is 0 Å². The SMILES string of the molecule is COCC1CN(c2c(C)c(C)nc3ncnn23)CC(C)O1. The van der Waals surface area contributed by atoms with E-state index in [1.54, 1.807) is 13.4 Å². The molecule has 3 rings (SSSR count). The summed E-state index contributed by atoms with van der Waals surface area (Å²) in [5.41, 5.74) is 2.10. The second-order valence-electron chi connectivity index (χ2n) is 5.55. The van der Waals surface area contributed by atoms with Gasteiger partial charge in [0.05, 0.1) is 18.8 Å². The third-order valence-corrected chi connectivity index (χ3v) is 3.85. The van der Waals surface area contributed by atoms with Crippen molar-refractivity contribution in [2.45, 2.75) is 33.0 Å². The number of rotatable bonds is 3. The van der Waals surface area contributed by atoms with E-state index in [0.717, 1.165) is 30.2 Å². The van der Waals surface area contributed by atoms with E-state index in [-0.39, 0.29) is 12.2 Å². The van der Waals surface area contributed by atoms with Crippen LogP contribution in [0.5, 0.6) is 0 Å². The van der Waals surface area contributed by atoms with Gasteiger partial charge in [-0.1, -0.05) is 0 Å². The molecule has 7 nitrogen and oxygen atoms in total. The lowest BCUT2D eigenvalue weighted by molar-refractivity contribution is -0.0513. The van der Waals surface area contributed by atoms with Crippen LogP contribution in [0, 0.1) is 13.8 Å². The maximum Gasteiger partial charge on any atom is 0.254 e. The van der Waals surface area contributed by atoms with Crippen molar-refractivity contribution in [3.05, 3.63) is 17.6 Å². The van der Waals surface area contributed by atoms with Gasteiger partial charge in [0.25, 0.3) is 5.78 Å². The average Bonchev–Trinajstić information content (AvgIpc) is 2.87. The Hall–Kier alpha value is -1.73. The lowest BCUT2D eigenvalue weighted by atomic mass is 10.1. The molecule has 1 aliphatic heterocycles. The lowest BCUT2D eigenvalue weighted by Crippen LogP contribution is -2.49. The quantitative estimate of drug-likeness (QED) is 0.840. The topological polar surface area (TPSA) is 64.8 Å². The molecule has 2 aromatic heterocycles. The fraction of sp³-hybridized carbons (Fsp3) is 0.643. The van der Waals surface area contributed by atoms with Gasteiger partial charge in [-0.3, -0.25) is 0 Å². The van der Waals surface area contributed by atoms with Gasteiger partial charge in [-0.25, -0.2) is 4.98 Å². The molecule has 1 saturated heterocycles. The summed E-state index contributed by atoms with van der Waals surface area (Å²) in [6, 6.07) is 0. The van der Waals surface area contributed by atoms with Gasteiger partial charge in [-0.2, -0.15) is 14.6 Å². The molecule has 0 aromatic carbocycles. The Kier molecular flexibility index (Phi) is 3.77. The van der Waals surface area contributed by atoms with E-state index in [9.17, 15) is 0 Å². The molecular weight excluding hydrogens is 270 g/mol. The fourth-order valence-corrected chi connectivity index (χ4v) is 2.88. The first kappa shape index (κ1) is 14.2. The number of anilines is 1. The molecular formula is C14H21N5O2. The molecule has 0 spiro atoms. The Morgan fingerprint density at radius 3 is 2.95 bits per heavy atom. The molecule has 0 amide bonds. The summed E-state index contributed by atoms with van der Waals surface area (Å²) in [5.74, 6) is 1.68. The second-order valence-corrected chi connectivity index (χ2v) is 5.55. The van der Waals surface area contributed by atoms with Crippen LogP contribution in [0.2, 0.25) is 0 Å². The molecule has 114 valence electrons. The first-order valence-corrected chi connectivity index (χ1v) is 7.16. The van der Waals surface area contributed by atoms with Gasteiger partial charge in [0.1, 0.15) is 12.1 Å². The van der Waals surface area contributed by atoms with Crippen LogP contribution in [0.25, 0.3) is 5.78 Å². The van der Waals surface area contributed by atoms with E-state index >= 15 is 0 Å². The van der Waals surface area contributed by atoms with Crippen molar-refractivity contribution in [3.63, 3.8) is 0 Å². The van der Waals surface area contributed by atoms with Crippen LogP contribution < -0.4 is 4.90 Å². The summed E-state index contributed by atoms with van der Waals surface area (Å²) in [5, 5.41) is 4.32. The number of aryl methyl sites for hydroxylation is 1. The number of fused-ring (bicyclic) bond motifs is 1. The molecule has 7 heteroatoms. The molecule has 0 radical (unpaired) electrons. The molecule has 2 atom stereocenters. The first-order valence-electron chi connectivity index (χ1n) is 7.16. The monoisotopic (exact) mass is 291 g/mol. The zero-order chi connectivity index (χ0) is 15.0. The molecule has 1 fully saturated rings. The second kappa shape index (κ2) is 5.57. The van der Waals surface area contributed by atoms with E-state index in [1.165, 1.54) is 0 Å². The minimum absolute atomic E-state index is 0.0604. The number of nitrogens with zero attached hydrogens (tertiary/aromatic N) is 5. The zero-order valence-corrected chi connectivity index (χ0v) is 12.9. The smallest absolute Gasteiger partial charge is 0.254 e. The van der Waals surface area contributed by atoms with Gasteiger partial charge in [-0.05, 0) is 20.8 Å². The van der Waals surface area contributed by atoms with Crippen LogP contribution in [0.4, 0.5) is 5.82 Å². The van der Waals surface area contributed by atoms with Crippen LogP contribution in [-0.2, 0) is 9.47 Å². The summed E-state index contributed by atoms with van der Waals surface area (Å²) in [4.78, 5) is 11.0. The van der Waals surface area contributed by atoms with Crippen molar-refractivity contribution in [3.8, 4) is 0 Å². The van der Waals surface area contributed by atoms with Gasteiger partial charge >= 0.3 is 0 Å². The average molecular weight is 291 g/mol. The largest absolute Gasteiger partial charge is 0.382 e. The number of methoxy groups -OCH3 is 1. The molecule has 3 heterocycles. The van der Waals surface area contributed by atoms with E-state index in [0.29, 0.717) is 12.4 Å². The summed E-state index contributed by atoms with van der Waals surface area (Å²) < 4.78 is 13.0. The predicted molar refractivity (Wildman–Crippen MR) is 78.7 cm³/mol. The van der Waals surface area contributed by atoms with E-state index in [1.807, 2.05) is 11.4 Å². The highest BCUT2D eigenvalue weighted by atomic mass is 16.5. The zero-order valence-electron chi connectivity index (χ0n) is 12.9. The van der Waals surface area contributed by atoms with Crippen molar-refractivity contribution >= 4 is 11.6 Å². The minimum atomic E-state index is 0.0604. The Labute approximate surface area is 123 Å². The van der Waals surface area contributed by atoms with Gasteiger partial charge in [0.2, 0.25) is 0 Å². The van der Waals surface area contributed by atoms with Crippen LogP contribution in [0.1, 0.15) is 18.2 Å². The number of morpholine rings is 1. The van der Waals surface area contributed by atoms with Crippen molar-refractivity contribution in [1.82, 2.24) is 19.6 Å². The third-order valence-electron chi connectivity index (χ3n) is 3.85. The molecule has 2 aromatic rings. The molecule has 2 unspecified atom stereocenters. The highest BCUT2D eigenvalue weighted by molar-refractivity contribution is 5.54. The van der Waals surface area contributed by atoms with Crippen LogP contribution in [0.3, 0.4) is 0 Å². The number of ether oxygens (including phenoxy) is 2. The van der Waals surface area contributed by atoms with Crippen molar-refractivity contribution < 1.29 is 9.47 Å². The molecule has 21 heavy (non-hydrogen) atoms. The van der Waals surface area contributed by atoms with Crippen molar-refractivity contribution in [2.24, 2.45) is 0 Å². The van der Waals surface area contributed by atoms with E-state index in [2.05, 4.69) is 33.8 Å². The Bertz CT molecular complexity index is 642. The fourth-order valence-electron chi connectivity index (χ4n) is 2.88. The Balaban J connectivity index is 2.02. The van der Waals surface area contributed by atoms with Crippen molar-refractivity contribution in [2.75, 3.05) is 31.7 Å². The summed E-state index contributed by atoms with van der Waals surface area (Å²) in [6.07, 6.45) is 1.75. The predicted octanol–water partition coefficient (Wildman–Crippen LogP) is 0.981. The highest BCUT2D eigenvalue weighted by Crippen LogP contribution is 2.25. The van der Waals surface area contributed by atoms with Gasteiger partial charge < -0.3 is 14.4 Å². The summed E-state index contributed by atoms with van der Waals surface area (Å²) in [7, 11) is 1.70. The molecule has 1 aliphatic rings. The maximum atomic E-state index is 5.91. The number of hydrogen-bond acceptors (Lipinski definition) is 6. The van der Waals surface area contributed by atoms with Crippen LogP contribution in [-0.4, -0.2) is 58.6 Å². The lowest BCUT2D eigenvalue weighted by Gasteiger charge is -2.38. The van der Waals surface area contributed by atoms with E-state index in [4.69, 9.17) is 9.47 Å². The Morgan fingerprint density at radius 2 is 2.19 bits per heavy atom. The molecule has 0 saturated carbocycles. The maximum absolute atomic E-state index is 5.91. The van der Waals surface area contributed by atoms with Gasteiger partial charge in [-0.15, -0.1) is 0 Å². The standard InChI is InChI=1S/C14H21N5O2/c1-9-5-18(6-12(21-9)7-20-4)13-10(2)11(3)17-14-15-8-16-19(13)14/h8-9,12H,5-7H2,1-4H3. The highest BCUT2D eigenvalue weighted by Gasteiger charge is 2.28. The van der Waals surface area contributed by atoms with Gasteiger partial charge in [0, 0.05) is 31.5 Å². The number of aromatic nitrogens is 4. The van der Waals surface area contributed by atoms with Gasteiger partial charge in [0.15, 0.2) is 0 Å². The number of hydrogen-bond donors (Lipinski definition) is 0. The van der Waals surface area contributed by atoms with E-state index < -0.39 is 0 Å². The molecule has 0 N–H and O–H groups in total. The third kappa shape index (κ3) is 2.58. The van der Waals surface area contributed by atoms with Crippen LogP contribution in [0.15, 0.2) is 6.33 Å². The Morgan fingerprint density at radius 1 is 1.38 bits per heavy atom. The van der Waals surface area contributed by atoms with Crippen LogP contribution >= 0.6 is 0 Å². The first-order chi connectivity index (χ1) is 10.1. The summed E-state index contributed by atoms with van der Waals surface area (Å²) in [6.45, 7) is 8.34. The normalized spacial score (nSPS) is 23.0. The molecule has 0 aliphatic carbocycles. The minimum Gasteiger partial charge on any atom is -0.382 e. The summed E-state index contributed by atoms with van der Waals surface area (Å²) >= 11 is 0. The molecule has 0 bridgehead atoms.